The Hall–Kier alpha value is -4.80. The minimum Gasteiger partial charge on any atom is -0.508 e. The minimum absolute atomic E-state index is 0.0263. The van der Waals surface area contributed by atoms with Gasteiger partial charge >= 0.3 is 0 Å². The van der Waals surface area contributed by atoms with E-state index in [1.807, 2.05) is 48.5 Å². The van der Waals surface area contributed by atoms with Crippen molar-refractivity contribution in [2.45, 2.75) is 31.7 Å². The van der Waals surface area contributed by atoms with Gasteiger partial charge in [0.2, 0.25) is 11.8 Å². The molecule has 5 N–H and O–H groups in total. The smallest absolute Gasteiger partial charge is 0.246 e. The first-order valence-electron chi connectivity index (χ1n) is 14.4. The second kappa shape index (κ2) is 14.1. The van der Waals surface area contributed by atoms with Gasteiger partial charge in [-0.15, -0.1) is 6.58 Å². The lowest BCUT2D eigenvalue weighted by molar-refractivity contribution is -0.157. The first-order chi connectivity index (χ1) is 21.3. The van der Waals surface area contributed by atoms with Gasteiger partial charge in [0, 0.05) is 31.4 Å². The summed E-state index contributed by atoms with van der Waals surface area (Å²) in [6, 6.07) is 21.4. The third-order valence-electron chi connectivity index (χ3n) is 7.55. The maximum atomic E-state index is 14.3. The van der Waals surface area contributed by atoms with E-state index < -0.39 is 12.2 Å². The molecule has 2 amide bonds. The predicted molar refractivity (Wildman–Crippen MR) is 171 cm³/mol. The number of H-pyrrole nitrogens is 1. The number of carbonyl (C=O) groups is 2. The molecule has 0 unspecified atom stereocenters. The Bertz CT molecular complexity index is 1620. The average Bonchev–Trinajstić information content (AvgIpc) is 3.41. The largest absolute Gasteiger partial charge is 0.508 e. The van der Waals surface area contributed by atoms with Crippen LogP contribution in [-0.4, -0.2) is 68.8 Å². The molecule has 44 heavy (non-hydrogen) atoms. The summed E-state index contributed by atoms with van der Waals surface area (Å²) in [7, 11) is 0. The molecule has 0 radical (unpaired) electrons. The van der Waals surface area contributed by atoms with E-state index in [9.17, 15) is 14.7 Å². The van der Waals surface area contributed by atoms with Gasteiger partial charge in [-0.1, -0.05) is 78.9 Å². The summed E-state index contributed by atoms with van der Waals surface area (Å²) in [6.07, 6.45) is 1.34. The first-order valence-corrected chi connectivity index (χ1v) is 14.8. The second-order valence-electron chi connectivity index (χ2n) is 10.7. The summed E-state index contributed by atoms with van der Waals surface area (Å²) in [6.45, 7) is 9.37. The van der Waals surface area contributed by atoms with Crippen molar-refractivity contribution in [2.75, 3.05) is 19.6 Å². The van der Waals surface area contributed by atoms with Gasteiger partial charge in [0.25, 0.3) is 0 Å². The van der Waals surface area contributed by atoms with Gasteiger partial charge in [-0.2, -0.15) is 5.10 Å². The number of para-hydroxylation sites is 1. The Labute approximate surface area is 261 Å². The van der Waals surface area contributed by atoms with Crippen LogP contribution in [0.5, 0.6) is 5.75 Å². The van der Waals surface area contributed by atoms with Crippen molar-refractivity contribution in [3.63, 3.8) is 0 Å². The Morgan fingerprint density at radius 1 is 1.09 bits per heavy atom. The lowest BCUT2D eigenvalue weighted by Crippen LogP contribution is -2.68. The monoisotopic (exact) mass is 613 g/mol. The standard InChI is InChI=1S/C33H36ClN7O3/c1-3-16-35-19-30(43)41-28(17-23-12-14-26(42)15-13-23)33(44)40(20-25-10-7-11-27-31(25)38-39-32(27)34)21-29(41)37-22(2)36-18-24-8-5-4-6-9-24/h3-15,28-29,35-37,42H,1-2,16-21H2,(H,38,39)/t28-,29+/m0/s1. The molecule has 10 nitrogen and oxygen atoms in total. The third kappa shape index (κ3) is 7.21. The maximum Gasteiger partial charge on any atom is 0.246 e. The molecule has 2 heterocycles. The first kappa shape index (κ1) is 30.7. The molecule has 1 saturated heterocycles. The molecule has 1 aliphatic rings. The van der Waals surface area contributed by atoms with Gasteiger partial charge in [0.15, 0.2) is 0 Å². The Morgan fingerprint density at radius 2 is 1.86 bits per heavy atom. The van der Waals surface area contributed by atoms with Crippen molar-refractivity contribution in [3.05, 3.63) is 120 Å². The SMILES string of the molecule is C=CCNCC(=O)N1[C@@H](NC(=C)NCc2ccccc2)CN(Cc2cccc3c(Cl)[nH]nc23)C(=O)[C@@H]1Cc1ccc(O)cc1. The Balaban J connectivity index is 1.46. The summed E-state index contributed by atoms with van der Waals surface area (Å²) < 4.78 is 0. The average molecular weight is 614 g/mol. The van der Waals surface area contributed by atoms with Crippen LogP contribution in [0.2, 0.25) is 5.15 Å². The lowest BCUT2D eigenvalue weighted by Gasteiger charge is -2.47. The highest BCUT2D eigenvalue weighted by molar-refractivity contribution is 6.34. The van der Waals surface area contributed by atoms with Crippen molar-refractivity contribution in [3.8, 4) is 5.75 Å². The molecule has 0 saturated carbocycles. The summed E-state index contributed by atoms with van der Waals surface area (Å²) in [4.78, 5) is 31.4. The molecule has 228 valence electrons. The number of fused-ring (bicyclic) bond motifs is 1. The molecule has 1 aliphatic heterocycles. The molecule has 1 aromatic heterocycles. The number of carbonyl (C=O) groups excluding carboxylic acids is 2. The number of aromatic amines is 1. The zero-order valence-corrected chi connectivity index (χ0v) is 25.1. The Morgan fingerprint density at radius 3 is 2.61 bits per heavy atom. The number of rotatable bonds is 13. The topological polar surface area (TPSA) is 126 Å². The number of phenols is 1. The number of aromatic nitrogens is 2. The molecule has 3 aromatic carbocycles. The van der Waals surface area contributed by atoms with E-state index in [-0.39, 0.29) is 43.6 Å². The fourth-order valence-electron chi connectivity index (χ4n) is 5.41. The van der Waals surface area contributed by atoms with Gasteiger partial charge < -0.3 is 30.9 Å². The number of aromatic hydroxyl groups is 1. The second-order valence-corrected chi connectivity index (χ2v) is 11.0. The van der Waals surface area contributed by atoms with E-state index in [1.165, 1.54) is 0 Å². The van der Waals surface area contributed by atoms with Gasteiger partial charge in [0.05, 0.1) is 24.4 Å². The minimum atomic E-state index is -0.826. The zero-order valence-electron chi connectivity index (χ0n) is 24.3. The predicted octanol–water partition coefficient (Wildman–Crippen LogP) is 3.66. The summed E-state index contributed by atoms with van der Waals surface area (Å²) in [5.74, 6) is 0.209. The van der Waals surface area contributed by atoms with Gasteiger partial charge in [-0.25, -0.2) is 0 Å². The molecule has 11 heteroatoms. The van der Waals surface area contributed by atoms with E-state index in [0.717, 1.165) is 22.1 Å². The Kier molecular flexibility index (Phi) is 9.83. The van der Waals surface area contributed by atoms with Crippen LogP contribution >= 0.6 is 11.6 Å². The van der Waals surface area contributed by atoms with E-state index >= 15 is 0 Å². The van der Waals surface area contributed by atoms with Crippen LogP contribution in [0.25, 0.3) is 10.9 Å². The number of phenolic OH excluding ortho intramolecular Hbond substituents is 1. The quantitative estimate of drug-likeness (QED) is 0.115. The van der Waals surface area contributed by atoms with Crippen LogP contribution in [0.15, 0.2) is 97.9 Å². The summed E-state index contributed by atoms with van der Waals surface area (Å²) in [5.41, 5.74) is 3.40. The van der Waals surface area contributed by atoms with E-state index in [4.69, 9.17) is 11.6 Å². The number of piperazine rings is 1. The summed E-state index contributed by atoms with van der Waals surface area (Å²) >= 11 is 6.30. The molecule has 4 aromatic rings. The number of amides is 2. The number of benzene rings is 3. The fraction of sp³-hybridized carbons (Fsp3) is 0.242. The van der Waals surface area contributed by atoms with Crippen LogP contribution in [0.4, 0.5) is 0 Å². The van der Waals surface area contributed by atoms with Crippen LogP contribution in [-0.2, 0) is 29.1 Å². The third-order valence-corrected chi connectivity index (χ3v) is 7.84. The zero-order chi connectivity index (χ0) is 31.1. The van der Waals surface area contributed by atoms with Crippen molar-refractivity contribution < 1.29 is 14.7 Å². The van der Waals surface area contributed by atoms with E-state index in [0.29, 0.717) is 29.6 Å². The highest BCUT2D eigenvalue weighted by atomic mass is 35.5. The number of nitrogens with zero attached hydrogens (tertiary/aromatic N) is 3. The van der Waals surface area contributed by atoms with Crippen LogP contribution < -0.4 is 16.0 Å². The lowest BCUT2D eigenvalue weighted by atomic mass is 9.98. The highest BCUT2D eigenvalue weighted by Crippen LogP contribution is 2.27. The highest BCUT2D eigenvalue weighted by Gasteiger charge is 2.43. The number of halogens is 1. The molecular weight excluding hydrogens is 578 g/mol. The van der Waals surface area contributed by atoms with Crippen molar-refractivity contribution in [1.82, 2.24) is 35.9 Å². The van der Waals surface area contributed by atoms with Gasteiger partial charge in [-0.05, 0) is 34.9 Å². The number of hydrogen-bond acceptors (Lipinski definition) is 7. The molecule has 2 atom stereocenters. The van der Waals surface area contributed by atoms with Crippen molar-refractivity contribution in [2.24, 2.45) is 0 Å². The van der Waals surface area contributed by atoms with Crippen LogP contribution in [0.1, 0.15) is 16.7 Å². The van der Waals surface area contributed by atoms with E-state index in [1.54, 1.807) is 40.1 Å². The van der Waals surface area contributed by atoms with Crippen LogP contribution in [0, 0.1) is 0 Å². The normalized spacial score (nSPS) is 16.6. The van der Waals surface area contributed by atoms with E-state index in [2.05, 4.69) is 39.3 Å². The molecule has 0 bridgehead atoms. The van der Waals surface area contributed by atoms with Gasteiger partial charge in [-0.3, -0.25) is 14.7 Å². The maximum absolute atomic E-state index is 14.3. The molecule has 0 aliphatic carbocycles. The number of nitrogens with one attached hydrogen (secondary N) is 4. The number of hydrogen-bond donors (Lipinski definition) is 5. The van der Waals surface area contributed by atoms with Crippen molar-refractivity contribution in [1.29, 1.82) is 0 Å². The molecule has 1 fully saturated rings. The van der Waals surface area contributed by atoms with Crippen molar-refractivity contribution >= 4 is 34.3 Å². The van der Waals surface area contributed by atoms with Crippen LogP contribution in [0.3, 0.4) is 0 Å². The molecule has 0 spiro atoms. The summed E-state index contributed by atoms with van der Waals surface area (Å²) in [5, 5.41) is 28.0. The van der Waals surface area contributed by atoms with Gasteiger partial charge in [0.1, 0.15) is 23.1 Å². The molecule has 5 rings (SSSR count). The molecular formula is C33H36ClN7O3. The fourth-order valence-corrected chi connectivity index (χ4v) is 5.60.